The van der Waals surface area contributed by atoms with Crippen molar-refractivity contribution < 1.29 is 9.59 Å². The number of imidazole rings is 1. The van der Waals surface area contributed by atoms with Gasteiger partial charge in [-0.2, -0.15) is 0 Å². The van der Waals surface area contributed by atoms with E-state index in [-0.39, 0.29) is 18.4 Å². The number of para-hydroxylation sites is 2. The number of anilines is 2. The Morgan fingerprint density at radius 2 is 1.55 bits per heavy atom. The molecule has 0 unspecified atom stereocenters. The Bertz CT molecular complexity index is 1250. The summed E-state index contributed by atoms with van der Waals surface area (Å²) in [5, 5.41) is 5.90. The van der Waals surface area contributed by atoms with Crippen molar-refractivity contribution >= 4 is 34.2 Å². The molecule has 0 radical (unpaired) electrons. The van der Waals surface area contributed by atoms with Crippen LogP contribution in [0, 0.1) is 6.92 Å². The molecule has 0 aliphatic rings. The summed E-state index contributed by atoms with van der Waals surface area (Å²) < 4.78 is 1.95. The summed E-state index contributed by atoms with van der Waals surface area (Å²) in [6.07, 6.45) is 0.738. The minimum Gasteiger partial charge on any atom is -0.324 e. The molecule has 156 valence electrons. The molecule has 3 aromatic carbocycles. The standard InChI is InChI=1S/C25H24N4O2/c1-3-23-26-21-12-7-8-15-22(21)29(23)16-24(30)27-19-13-9-14-20(17(19)2)28-25(31)18-10-5-4-6-11-18/h4-15H,3,16H2,1-2H3,(H,27,30)(H,28,31). The van der Waals surface area contributed by atoms with Crippen LogP contribution in [0.2, 0.25) is 0 Å². The highest BCUT2D eigenvalue weighted by molar-refractivity contribution is 6.05. The number of carbonyl (C=O) groups is 2. The molecule has 4 aromatic rings. The summed E-state index contributed by atoms with van der Waals surface area (Å²) >= 11 is 0. The van der Waals surface area contributed by atoms with E-state index in [2.05, 4.69) is 15.6 Å². The first-order valence-corrected chi connectivity index (χ1v) is 10.3. The first-order chi connectivity index (χ1) is 15.1. The molecule has 0 saturated heterocycles. The summed E-state index contributed by atoms with van der Waals surface area (Å²) in [7, 11) is 0. The van der Waals surface area contributed by atoms with E-state index in [0.717, 1.165) is 28.8 Å². The SMILES string of the molecule is CCc1nc2ccccc2n1CC(=O)Nc1cccc(NC(=O)c2ccccc2)c1C. The Labute approximate surface area is 180 Å². The van der Waals surface area contributed by atoms with Crippen LogP contribution in [0.25, 0.3) is 11.0 Å². The van der Waals surface area contributed by atoms with E-state index < -0.39 is 0 Å². The number of fused-ring (bicyclic) bond motifs is 1. The molecule has 2 N–H and O–H groups in total. The highest BCUT2D eigenvalue weighted by atomic mass is 16.2. The largest absolute Gasteiger partial charge is 0.324 e. The van der Waals surface area contributed by atoms with Gasteiger partial charge in [-0.05, 0) is 48.9 Å². The van der Waals surface area contributed by atoms with Crippen LogP contribution in [0.3, 0.4) is 0 Å². The van der Waals surface area contributed by atoms with Crippen LogP contribution in [0.1, 0.15) is 28.7 Å². The summed E-state index contributed by atoms with van der Waals surface area (Å²) in [5.41, 5.74) is 4.53. The zero-order chi connectivity index (χ0) is 21.8. The van der Waals surface area contributed by atoms with Gasteiger partial charge in [0.2, 0.25) is 5.91 Å². The smallest absolute Gasteiger partial charge is 0.255 e. The lowest BCUT2D eigenvalue weighted by Gasteiger charge is -2.14. The van der Waals surface area contributed by atoms with Crippen molar-refractivity contribution in [1.82, 2.24) is 9.55 Å². The predicted octanol–water partition coefficient (Wildman–Crippen LogP) is 4.80. The van der Waals surface area contributed by atoms with E-state index in [0.29, 0.717) is 16.9 Å². The molecule has 0 bridgehead atoms. The van der Waals surface area contributed by atoms with Crippen LogP contribution in [0.5, 0.6) is 0 Å². The van der Waals surface area contributed by atoms with Crippen molar-refractivity contribution in [2.45, 2.75) is 26.8 Å². The fraction of sp³-hybridized carbons (Fsp3) is 0.160. The molecule has 0 aliphatic heterocycles. The number of rotatable bonds is 6. The van der Waals surface area contributed by atoms with E-state index in [9.17, 15) is 9.59 Å². The third-order valence-corrected chi connectivity index (χ3v) is 5.24. The normalized spacial score (nSPS) is 10.8. The molecule has 0 spiro atoms. The molecule has 0 saturated carbocycles. The molecule has 0 aliphatic carbocycles. The molecule has 4 rings (SSSR count). The third kappa shape index (κ3) is 4.33. The van der Waals surface area contributed by atoms with E-state index in [1.165, 1.54) is 0 Å². The number of nitrogens with one attached hydrogen (secondary N) is 2. The van der Waals surface area contributed by atoms with Crippen molar-refractivity contribution in [3.63, 3.8) is 0 Å². The molecular formula is C25H24N4O2. The van der Waals surface area contributed by atoms with Gasteiger partial charge < -0.3 is 15.2 Å². The van der Waals surface area contributed by atoms with Crippen molar-refractivity contribution in [3.8, 4) is 0 Å². The minimum absolute atomic E-state index is 0.146. The van der Waals surface area contributed by atoms with Gasteiger partial charge in [0.15, 0.2) is 0 Å². The van der Waals surface area contributed by atoms with Gasteiger partial charge in [-0.1, -0.05) is 43.3 Å². The van der Waals surface area contributed by atoms with Crippen molar-refractivity contribution in [1.29, 1.82) is 0 Å². The number of carbonyl (C=O) groups excluding carboxylic acids is 2. The highest BCUT2D eigenvalue weighted by Gasteiger charge is 2.14. The Balaban J connectivity index is 1.52. The maximum absolute atomic E-state index is 12.9. The number of nitrogens with zero attached hydrogens (tertiary/aromatic N) is 2. The van der Waals surface area contributed by atoms with E-state index in [4.69, 9.17) is 0 Å². The van der Waals surface area contributed by atoms with E-state index in [1.54, 1.807) is 12.1 Å². The quantitative estimate of drug-likeness (QED) is 0.478. The lowest BCUT2D eigenvalue weighted by Crippen LogP contribution is -2.21. The number of benzene rings is 3. The Hall–Kier alpha value is -3.93. The van der Waals surface area contributed by atoms with E-state index in [1.807, 2.05) is 79.1 Å². The number of aryl methyl sites for hydroxylation is 1. The highest BCUT2D eigenvalue weighted by Crippen LogP contribution is 2.24. The average Bonchev–Trinajstić information content (AvgIpc) is 3.14. The van der Waals surface area contributed by atoms with Gasteiger partial charge in [0.25, 0.3) is 5.91 Å². The van der Waals surface area contributed by atoms with Gasteiger partial charge in [0.05, 0.1) is 11.0 Å². The summed E-state index contributed by atoms with van der Waals surface area (Å²) in [6.45, 7) is 4.07. The maximum Gasteiger partial charge on any atom is 0.255 e. The maximum atomic E-state index is 12.9. The van der Waals surface area contributed by atoms with Gasteiger partial charge in [0.1, 0.15) is 12.4 Å². The second-order valence-corrected chi connectivity index (χ2v) is 7.30. The lowest BCUT2D eigenvalue weighted by molar-refractivity contribution is -0.116. The first kappa shape index (κ1) is 20.3. The van der Waals surface area contributed by atoms with Gasteiger partial charge in [0, 0.05) is 23.4 Å². The fourth-order valence-electron chi connectivity index (χ4n) is 3.60. The summed E-state index contributed by atoms with van der Waals surface area (Å²) in [5.74, 6) is 0.536. The van der Waals surface area contributed by atoms with Gasteiger partial charge in [-0.3, -0.25) is 9.59 Å². The Morgan fingerprint density at radius 3 is 2.29 bits per heavy atom. The number of amides is 2. The molecule has 1 aromatic heterocycles. The zero-order valence-corrected chi connectivity index (χ0v) is 17.6. The number of aromatic nitrogens is 2. The van der Waals surface area contributed by atoms with Gasteiger partial charge in [-0.25, -0.2) is 4.98 Å². The van der Waals surface area contributed by atoms with Gasteiger partial charge >= 0.3 is 0 Å². The monoisotopic (exact) mass is 412 g/mol. The molecule has 31 heavy (non-hydrogen) atoms. The zero-order valence-electron chi connectivity index (χ0n) is 17.6. The summed E-state index contributed by atoms with van der Waals surface area (Å²) in [4.78, 5) is 30.0. The predicted molar refractivity (Wildman–Crippen MR) is 123 cm³/mol. The van der Waals surface area contributed by atoms with Crippen LogP contribution < -0.4 is 10.6 Å². The molecule has 0 fully saturated rings. The van der Waals surface area contributed by atoms with Crippen molar-refractivity contribution in [2.75, 3.05) is 10.6 Å². The first-order valence-electron chi connectivity index (χ1n) is 10.3. The molecule has 6 heteroatoms. The van der Waals surface area contributed by atoms with Crippen LogP contribution in [-0.4, -0.2) is 21.4 Å². The van der Waals surface area contributed by atoms with Crippen LogP contribution >= 0.6 is 0 Å². The van der Waals surface area contributed by atoms with E-state index >= 15 is 0 Å². The topological polar surface area (TPSA) is 76.0 Å². The molecular weight excluding hydrogens is 388 g/mol. The average molecular weight is 412 g/mol. The summed E-state index contributed by atoms with van der Waals surface area (Å²) in [6, 6.07) is 22.3. The van der Waals surface area contributed by atoms with Gasteiger partial charge in [-0.15, -0.1) is 0 Å². The Morgan fingerprint density at radius 1 is 0.871 bits per heavy atom. The van der Waals surface area contributed by atoms with Crippen molar-refractivity contribution in [2.24, 2.45) is 0 Å². The van der Waals surface area contributed by atoms with Crippen LogP contribution in [0.15, 0.2) is 72.8 Å². The lowest BCUT2D eigenvalue weighted by atomic mass is 10.1. The van der Waals surface area contributed by atoms with Crippen molar-refractivity contribution in [3.05, 3.63) is 89.7 Å². The molecule has 6 nitrogen and oxygen atoms in total. The molecule has 0 atom stereocenters. The molecule has 1 heterocycles. The number of hydrogen-bond acceptors (Lipinski definition) is 3. The second kappa shape index (κ2) is 8.83. The fourth-order valence-corrected chi connectivity index (χ4v) is 3.60. The van der Waals surface area contributed by atoms with Crippen LogP contribution in [-0.2, 0) is 17.8 Å². The molecule has 2 amide bonds. The minimum atomic E-state index is -0.190. The third-order valence-electron chi connectivity index (χ3n) is 5.24. The number of hydrogen-bond donors (Lipinski definition) is 2. The Kier molecular flexibility index (Phi) is 5.80. The van der Waals surface area contributed by atoms with Crippen LogP contribution in [0.4, 0.5) is 11.4 Å². The second-order valence-electron chi connectivity index (χ2n) is 7.30.